The lowest BCUT2D eigenvalue weighted by atomic mass is 10.2. The van der Waals surface area contributed by atoms with Crippen molar-refractivity contribution in [1.82, 2.24) is 0 Å². The Hall–Kier alpha value is -2.29. The van der Waals surface area contributed by atoms with Crippen LogP contribution in [-0.4, -0.2) is 27.3 Å². The van der Waals surface area contributed by atoms with Gasteiger partial charge < -0.3 is 4.74 Å². The zero-order valence-electron chi connectivity index (χ0n) is 14.0. The highest BCUT2D eigenvalue weighted by Gasteiger charge is 2.32. The van der Waals surface area contributed by atoms with Crippen LogP contribution in [0.25, 0.3) is 0 Å². The molecule has 3 rings (SSSR count). The Morgan fingerprint density at radius 1 is 1.04 bits per heavy atom. The molecule has 142 valence electrons. The topological polar surface area (TPSA) is 92.8 Å². The SMILES string of the molecule is COc1ccc(N2C(=O)CCC2=O)cc1S(=O)(=O)Nc1c(Cl)cccc1Cl. The molecule has 0 saturated carbocycles. The summed E-state index contributed by atoms with van der Waals surface area (Å²) in [7, 11) is -2.87. The lowest BCUT2D eigenvalue weighted by Gasteiger charge is -2.18. The van der Waals surface area contributed by atoms with Gasteiger partial charge in [-0.1, -0.05) is 29.3 Å². The first kappa shape index (κ1) is 19.5. The number of benzene rings is 2. The number of hydrogen-bond donors (Lipinski definition) is 1. The van der Waals surface area contributed by atoms with Crippen LogP contribution in [0.4, 0.5) is 11.4 Å². The van der Waals surface area contributed by atoms with Gasteiger partial charge in [0.25, 0.3) is 10.0 Å². The molecule has 1 fully saturated rings. The first-order valence-corrected chi connectivity index (χ1v) is 9.99. The number of nitrogens with one attached hydrogen (secondary N) is 1. The molecule has 0 bridgehead atoms. The van der Waals surface area contributed by atoms with Crippen LogP contribution in [0.3, 0.4) is 0 Å². The number of carbonyl (C=O) groups is 2. The monoisotopic (exact) mass is 428 g/mol. The van der Waals surface area contributed by atoms with Crippen LogP contribution in [0.1, 0.15) is 12.8 Å². The average Bonchev–Trinajstić information content (AvgIpc) is 2.96. The van der Waals surface area contributed by atoms with E-state index in [9.17, 15) is 18.0 Å². The summed E-state index contributed by atoms with van der Waals surface area (Å²) in [5, 5.41) is 0.234. The molecular formula is C17H14Cl2N2O5S. The van der Waals surface area contributed by atoms with E-state index in [2.05, 4.69) is 4.72 Å². The Kier molecular flexibility index (Phi) is 5.32. The highest BCUT2D eigenvalue weighted by atomic mass is 35.5. The number of anilines is 2. The molecule has 2 aromatic rings. The Morgan fingerprint density at radius 2 is 1.63 bits per heavy atom. The van der Waals surface area contributed by atoms with E-state index in [-0.39, 0.29) is 44.9 Å². The van der Waals surface area contributed by atoms with Gasteiger partial charge in [0, 0.05) is 12.8 Å². The second-order valence-corrected chi connectivity index (χ2v) is 8.13. The smallest absolute Gasteiger partial charge is 0.265 e. The molecule has 1 heterocycles. The molecule has 0 spiro atoms. The van der Waals surface area contributed by atoms with Crippen molar-refractivity contribution in [3.63, 3.8) is 0 Å². The Labute approximate surface area is 165 Å². The highest BCUT2D eigenvalue weighted by molar-refractivity contribution is 7.92. The molecule has 1 aliphatic heterocycles. The number of sulfonamides is 1. The normalized spacial score (nSPS) is 14.6. The maximum absolute atomic E-state index is 12.9. The van der Waals surface area contributed by atoms with Gasteiger partial charge in [-0.2, -0.15) is 0 Å². The number of halogens is 2. The summed E-state index contributed by atoms with van der Waals surface area (Å²) in [6.07, 6.45) is 0.168. The number of methoxy groups -OCH3 is 1. The molecule has 0 atom stereocenters. The number of ether oxygens (including phenoxy) is 1. The van der Waals surface area contributed by atoms with Crippen molar-refractivity contribution in [3.8, 4) is 5.75 Å². The van der Waals surface area contributed by atoms with E-state index in [1.807, 2.05) is 0 Å². The quantitative estimate of drug-likeness (QED) is 0.735. The fraction of sp³-hybridized carbons (Fsp3) is 0.176. The van der Waals surface area contributed by atoms with Gasteiger partial charge in [0.2, 0.25) is 11.8 Å². The second kappa shape index (κ2) is 7.38. The van der Waals surface area contributed by atoms with Gasteiger partial charge in [-0.25, -0.2) is 8.42 Å². The van der Waals surface area contributed by atoms with E-state index in [0.717, 1.165) is 4.90 Å². The fourth-order valence-electron chi connectivity index (χ4n) is 2.66. The predicted molar refractivity (Wildman–Crippen MR) is 102 cm³/mol. The van der Waals surface area contributed by atoms with Crippen molar-refractivity contribution in [3.05, 3.63) is 46.4 Å². The summed E-state index contributed by atoms with van der Waals surface area (Å²) in [4.78, 5) is 24.6. The predicted octanol–water partition coefficient (Wildman–Crippen LogP) is 3.46. The molecule has 0 aliphatic carbocycles. The molecule has 1 saturated heterocycles. The van der Waals surface area contributed by atoms with Crippen molar-refractivity contribution >= 4 is 56.4 Å². The van der Waals surface area contributed by atoms with Gasteiger partial charge in [-0.3, -0.25) is 19.2 Å². The van der Waals surface area contributed by atoms with Crippen LogP contribution in [0.2, 0.25) is 10.0 Å². The third-order valence-corrected chi connectivity index (χ3v) is 5.95. The molecule has 0 aromatic heterocycles. The first-order valence-electron chi connectivity index (χ1n) is 7.75. The zero-order chi connectivity index (χ0) is 19.8. The van der Waals surface area contributed by atoms with Crippen LogP contribution < -0.4 is 14.4 Å². The van der Waals surface area contributed by atoms with Crippen LogP contribution in [0.5, 0.6) is 5.75 Å². The lowest BCUT2D eigenvalue weighted by molar-refractivity contribution is -0.121. The molecular weight excluding hydrogens is 415 g/mol. The Balaban J connectivity index is 2.07. The summed E-state index contributed by atoms with van der Waals surface area (Å²) in [6, 6.07) is 8.57. The van der Waals surface area contributed by atoms with Crippen LogP contribution >= 0.6 is 23.2 Å². The van der Waals surface area contributed by atoms with Gasteiger partial charge in [-0.05, 0) is 30.3 Å². The molecule has 7 nitrogen and oxygen atoms in total. The number of rotatable bonds is 5. The molecule has 0 radical (unpaired) electrons. The van der Waals surface area contributed by atoms with E-state index < -0.39 is 21.8 Å². The lowest BCUT2D eigenvalue weighted by Crippen LogP contribution is -2.28. The summed E-state index contributed by atoms with van der Waals surface area (Å²) >= 11 is 12.1. The van der Waals surface area contributed by atoms with Gasteiger partial charge in [0.15, 0.2) is 0 Å². The van der Waals surface area contributed by atoms with Crippen molar-refractivity contribution in [2.45, 2.75) is 17.7 Å². The standard InChI is InChI=1S/C17H14Cl2N2O5S/c1-26-13-6-5-10(21-15(22)7-8-16(21)23)9-14(13)27(24,25)20-17-11(18)3-2-4-12(17)19/h2-6,9,20H,7-8H2,1H3. The molecule has 2 aromatic carbocycles. The number of hydrogen-bond acceptors (Lipinski definition) is 5. The molecule has 1 N–H and O–H groups in total. The minimum atomic E-state index is -4.18. The third-order valence-electron chi connectivity index (χ3n) is 3.95. The van der Waals surface area contributed by atoms with E-state index in [1.54, 1.807) is 6.07 Å². The number of amides is 2. The molecule has 10 heteroatoms. The van der Waals surface area contributed by atoms with Crippen molar-refractivity contribution in [2.75, 3.05) is 16.7 Å². The van der Waals surface area contributed by atoms with E-state index >= 15 is 0 Å². The van der Waals surface area contributed by atoms with Gasteiger partial charge >= 0.3 is 0 Å². The Morgan fingerprint density at radius 3 is 2.19 bits per heavy atom. The average molecular weight is 429 g/mol. The number of para-hydroxylation sites is 1. The molecule has 27 heavy (non-hydrogen) atoms. The summed E-state index contributed by atoms with van der Waals surface area (Å²) < 4.78 is 33.3. The van der Waals surface area contributed by atoms with Gasteiger partial charge in [0.05, 0.1) is 28.5 Å². The summed E-state index contributed by atoms with van der Waals surface area (Å²) in [5.41, 5.74) is 0.163. The number of carbonyl (C=O) groups excluding carboxylic acids is 2. The summed E-state index contributed by atoms with van der Waals surface area (Å²) in [5.74, 6) is -0.750. The number of nitrogens with zero attached hydrogens (tertiary/aromatic N) is 1. The van der Waals surface area contributed by atoms with E-state index in [1.165, 1.54) is 37.4 Å². The third kappa shape index (κ3) is 3.73. The second-order valence-electron chi connectivity index (χ2n) is 5.66. The minimum Gasteiger partial charge on any atom is -0.495 e. The molecule has 0 unspecified atom stereocenters. The minimum absolute atomic E-state index is 0.0154. The zero-order valence-corrected chi connectivity index (χ0v) is 16.4. The van der Waals surface area contributed by atoms with E-state index in [0.29, 0.717) is 0 Å². The highest BCUT2D eigenvalue weighted by Crippen LogP contribution is 2.35. The molecule has 1 aliphatic rings. The van der Waals surface area contributed by atoms with Crippen LogP contribution in [-0.2, 0) is 19.6 Å². The summed E-state index contributed by atoms with van der Waals surface area (Å²) in [6.45, 7) is 0. The van der Waals surface area contributed by atoms with Crippen molar-refractivity contribution < 1.29 is 22.7 Å². The van der Waals surface area contributed by atoms with Gasteiger partial charge in [0.1, 0.15) is 10.6 Å². The first-order chi connectivity index (χ1) is 12.7. The van der Waals surface area contributed by atoms with E-state index in [4.69, 9.17) is 27.9 Å². The maximum atomic E-state index is 12.9. The fourth-order valence-corrected chi connectivity index (χ4v) is 4.56. The largest absolute Gasteiger partial charge is 0.495 e. The number of imide groups is 1. The van der Waals surface area contributed by atoms with Gasteiger partial charge in [-0.15, -0.1) is 0 Å². The Bertz CT molecular complexity index is 1000. The maximum Gasteiger partial charge on any atom is 0.265 e. The van der Waals surface area contributed by atoms with Crippen LogP contribution in [0.15, 0.2) is 41.3 Å². The van der Waals surface area contributed by atoms with Crippen LogP contribution in [0, 0.1) is 0 Å². The van der Waals surface area contributed by atoms with Crippen molar-refractivity contribution in [2.24, 2.45) is 0 Å². The molecule has 2 amide bonds. The van der Waals surface area contributed by atoms with Crippen molar-refractivity contribution in [1.29, 1.82) is 0 Å².